The van der Waals surface area contributed by atoms with Gasteiger partial charge in [0.2, 0.25) is 0 Å². The van der Waals surface area contributed by atoms with Crippen molar-refractivity contribution < 1.29 is 19.3 Å². The summed E-state index contributed by atoms with van der Waals surface area (Å²) in [6.45, 7) is 9.41. The normalized spacial score (nSPS) is 20.9. The van der Waals surface area contributed by atoms with Crippen molar-refractivity contribution in [2.24, 2.45) is 5.92 Å². The number of rotatable bonds is 13. The summed E-state index contributed by atoms with van der Waals surface area (Å²) in [6, 6.07) is 7.92. The van der Waals surface area contributed by atoms with Crippen LogP contribution in [0.2, 0.25) is 0 Å². The van der Waals surface area contributed by atoms with Crippen LogP contribution in [0.3, 0.4) is 0 Å². The van der Waals surface area contributed by atoms with Crippen molar-refractivity contribution in [3.05, 3.63) is 66.3 Å². The van der Waals surface area contributed by atoms with Gasteiger partial charge in [0.05, 0.1) is 38.6 Å². The predicted octanol–water partition coefficient (Wildman–Crippen LogP) is 5.62. The maximum atomic E-state index is 9.90. The molecule has 1 aliphatic heterocycles. The van der Waals surface area contributed by atoms with Crippen molar-refractivity contribution in [2.75, 3.05) is 13.7 Å². The van der Waals surface area contributed by atoms with E-state index in [1.165, 1.54) is 0 Å². The summed E-state index contributed by atoms with van der Waals surface area (Å²) in [5.74, 6) is 1.31. The number of methoxy groups -OCH3 is 1. The van der Waals surface area contributed by atoms with Gasteiger partial charge >= 0.3 is 0 Å². The molecule has 1 aromatic rings. The average Bonchev–Trinajstić information content (AvgIpc) is 2.76. The van der Waals surface area contributed by atoms with Crippen LogP contribution in [0.15, 0.2) is 60.7 Å². The highest BCUT2D eigenvalue weighted by Crippen LogP contribution is 2.25. The summed E-state index contributed by atoms with van der Waals surface area (Å²) in [7, 11) is 1.67. The Bertz CT molecular complexity index is 677. The molecular weight excluding hydrogens is 376 g/mol. The lowest BCUT2D eigenvalue weighted by molar-refractivity contribution is -0.00462. The number of ether oxygens (including phenoxy) is 3. The Morgan fingerprint density at radius 1 is 1.30 bits per heavy atom. The van der Waals surface area contributed by atoms with Gasteiger partial charge in [0.15, 0.2) is 0 Å². The first-order chi connectivity index (χ1) is 14.5. The molecule has 4 atom stereocenters. The lowest BCUT2D eigenvalue weighted by atomic mass is 9.91. The van der Waals surface area contributed by atoms with Crippen LogP contribution in [0.25, 0.3) is 0 Å². The van der Waals surface area contributed by atoms with Crippen LogP contribution in [-0.2, 0) is 16.1 Å². The van der Waals surface area contributed by atoms with Gasteiger partial charge in [-0.1, -0.05) is 56.9 Å². The highest BCUT2D eigenvalue weighted by molar-refractivity contribution is 5.26. The summed E-state index contributed by atoms with van der Waals surface area (Å²) < 4.78 is 17.1. The summed E-state index contributed by atoms with van der Waals surface area (Å²) in [4.78, 5) is 0. The Balaban J connectivity index is 1.63. The van der Waals surface area contributed by atoms with Crippen LogP contribution >= 0.6 is 0 Å². The molecule has 1 N–H and O–H groups in total. The zero-order valence-corrected chi connectivity index (χ0v) is 18.8. The molecule has 1 aliphatic rings. The van der Waals surface area contributed by atoms with Gasteiger partial charge in [0, 0.05) is 0 Å². The van der Waals surface area contributed by atoms with Crippen molar-refractivity contribution in [1.29, 1.82) is 0 Å². The third kappa shape index (κ3) is 8.86. The maximum absolute atomic E-state index is 9.90. The molecule has 4 nitrogen and oxygen atoms in total. The summed E-state index contributed by atoms with van der Waals surface area (Å²) in [6.07, 6.45) is 12.9. The minimum atomic E-state index is -0.385. The Morgan fingerprint density at radius 2 is 2.07 bits per heavy atom. The molecule has 0 aromatic heterocycles. The predicted molar refractivity (Wildman–Crippen MR) is 123 cm³/mol. The van der Waals surface area contributed by atoms with E-state index >= 15 is 0 Å². The van der Waals surface area contributed by atoms with E-state index in [1.807, 2.05) is 31.2 Å². The molecular formula is C26H38O4. The summed E-state index contributed by atoms with van der Waals surface area (Å²) in [5.41, 5.74) is 2.07. The number of hydrogen-bond acceptors (Lipinski definition) is 4. The third-order valence-corrected chi connectivity index (χ3v) is 5.43. The van der Waals surface area contributed by atoms with E-state index in [9.17, 15) is 5.11 Å². The molecule has 0 bridgehead atoms. The van der Waals surface area contributed by atoms with Crippen molar-refractivity contribution in [3.8, 4) is 5.75 Å². The molecule has 30 heavy (non-hydrogen) atoms. The molecule has 0 saturated heterocycles. The SMILES string of the molecule is C=C(C[C@H](C)C[C@@H]1CC=C[C@@H](C/C=C\COCc2ccc(OC)cc2)O1)C(O)CC. The van der Waals surface area contributed by atoms with Gasteiger partial charge in [-0.05, 0) is 61.3 Å². The van der Waals surface area contributed by atoms with Crippen molar-refractivity contribution in [1.82, 2.24) is 0 Å². The van der Waals surface area contributed by atoms with Crippen LogP contribution in [0.5, 0.6) is 5.75 Å². The Hall–Kier alpha value is -1.88. The lowest BCUT2D eigenvalue weighted by Gasteiger charge is -2.28. The highest BCUT2D eigenvalue weighted by atomic mass is 16.5. The van der Waals surface area contributed by atoms with E-state index in [-0.39, 0.29) is 18.3 Å². The van der Waals surface area contributed by atoms with E-state index in [1.54, 1.807) is 7.11 Å². The van der Waals surface area contributed by atoms with Crippen LogP contribution in [0.4, 0.5) is 0 Å². The van der Waals surface area contributed by atoms with Gasteiger partial charge in [-0.2, -0.15) is 0 Å². The van der Waals surface area contributed by atoms with Gasteiger partial charge in [0.25, 0.3) is 0 Å². The fraction of sp³-hybridized carbons (Fsp3) is 0.538. The molecule has 0 radical (unpaired) electrons. The van der Waals surface area contributed by atoms with Crippen LogP contribution in [0.1, 0.15) is 51.5 Å². The van der Waals surface area contributed by atoms with Gasteiger partial charge in [-0.15, -0.1) is 0 Å². The third-order valence-electron chi connectivity index (χ3n) is 5.43. The molecule has 0 fully saturated rings. The largest absolute Gasteiger partial charge is 0.497 e. The molecule has 166 valence electrons. The van der Waals surface area contributed by atoms with E-state index in [2.05, 4.69) is 37.8 Å². The van der Waals surface area contributed by atoms with Crippen molar-refractivity contribution in [3.63, 3.8) is 0 Å². The van der Waals surface area contributed by atoms with Gasteiger partial charge in [0.1, 0.15) is 5.75 Å². The number of benzene rings is 1. The van der Waals surface area contributed by atoms with E-state index in [0.29, 0.717) is 19.1 Å². The van der Waals surface area contributed by atoms with Crippen molar-refractivity contribution >= 4 is 0 Å². The molecule has 0 spiro atoms. The number of aliphatic hydroxyl groups is 1. The Morgan fingerprint density at radius 3 is 2.77 bits per heavy atom. The smallest absolute Gasteiger partial charge is 0.118 e. The average molecular weight is 415 g/mol. The monoisotopic (exact) mass is 414 g/mol. The first kappa shape index (κ1) is 24.4. The molecule has 0 amide bonds. The Kier molecular flexibility index (Phi) is 10.9. The molecule has 0 aliphatic carbocycles. The second kappa shape index (κ2) is 13.4. The molecule has 1 heterocycles. The van der Waals surface area contributed by atoms with E-state index in [4.69, 9.17) is 14.2 Å². The topological polar surface area (TPSA) is 47.9 Å². The Labute approximate surface area is 182 Å². The number of hydrogen-bond donors (Lipinski definition) is 1. The lowest BCUT2D eigenvalue weighted by Crippen LogP contribution is -2.26. The first-order valence-electron chi connectivity index (χ1n) is 11.0. The molecule has 4 heteroatoms. The minimum absolute atomic E-state index is 0.123. The highest BCUT2D eigenvalue weighted by Gasteiger charge is 2.21. The first-order valence-corrected chi connectivity index (χ1v) is 11.0. The molecule has 1 aromatic carbocycles. The zero-order chi connectivity index (χ0) is 21.8. The van der Waals surface area contributed by atoms with E-state index in [0.717, 1.165) is 49.0 Å². The quantitative estimate of drug-likeness (QED) is 0.336. The van der Waals surface area contributed by atoms with Crippen LogP contribution in [-0.4, -0.2) is 37.1 Å². The fourth-order valence-electron chi connectivity index (χ4n) is 3.69. The number of aliphatic hydroxyl groups excluding tert-OH is 1. The van der Waals surface area contributed by atoms with Crippen LogP contribution < -0.4 is 4.74 Å². The summed E-state index contributed by atoms with van der Waals surface area (Å²) in [5, 5.41) is 9.90. The van der Waals surface area contributed by atoms with Gasteiger partial charge in [-0.3, -0.25) is 0 Å². The summed E-state index contributed by atoms with van der Waals surface area (Å²) >= 11 is 0. The molecule has 1 unspecified atom stereocenters. The zero-order valence-electron chi connectivity index (χ0n) is 18.8. The van der Waals surface area contributed by atoms with Gasteiger partial charge in [-0.25, -0.2) is 0 Å². The minimum Gasteiger partial charge on any atom is -0.497 e. The molecule has 2 rings (SSSR count). The molecule has 0 saturated carbocycles. The van der Waals surface area contributed by atoms with Crippen LogP contribution in [0, 0.1) is 5.92 Å². The standard InChI is InChI=1S/C26H38O4/c1-5-26(27)21(3)17-20(2)18-25-11-8-10-24(30-25)9-6-7-16-29-19-22-12-14-23(28-4)15-13-22/h6-8,10,12-15,20,24-27H,3,5,9,11,16-19H2,1-2,4H3/b7-6-/t20-,24+,25-,26?/m0/s1. The van der Waals surface area contributed by atoms with Crippen molar-refractivity contribution in [2.45, 2.75) is 70.9 Å². The second-order valence-corrected chi connectivity index (χ2v) is 8.16. The van der Waals surface area contributed by atoms with E-state index < -0.39 is 0 Å². The fourth-order valence-corrected chi connectivity index (χ4v) is 3.69. The van der Waals surface area contributed by atoms with Gasteiger partial charge < -0.3 is 19.3 Å². The second-order valence-electron chi connectivity index (χ2n) is 8.16. The maximum Gasteiger partial charge on any atom is 0.118 e.